The summed E-state index contributed by atoms with van der Waals surface area (Å²) < 4.78 is 5.89. The third kappa shape index (κ3) is 2.30. The van der Waals surface area contributed by atoms with Gasteiger partial charge in [-0.05, 0) is 50.8 Å². The van der Waals surface area contributed by atoms with Gasteiger partial charge in [-0.15, -0.1) is 0 Å². The number of piperidine rings is 1. The van der Waals surface area contributed by atoms with E-state index in [9.17, 15) is 0 Å². The second kappa shape index (κ2) is 5.18. The van der Waals surface area contributed by atoms with Crippen LogP contribution < -0.4 is 15.8 Å². The van der Waals surface area contributed by atoms with Gasteiger partial charge in [-0.1, -0.05) is 12.1 Å². The van der Waals surface area contributed by atoms with E-state index >= 15 is 0 Å². The van der Waals surface area contributed by atoms with E-state index in [4.69, 9.17) is 10.5 Å². The van der Waals surface area contributed by atoms with Crippen molar-refractivity contribution in [3.63, 3.8) is 0 Å². The van der Waals surface area contributed by atoms with E-state index in [0.717, 1.165) is 23.5 Å². The van der Waals surface area contributed by atoms with Gasteiger partial charge >= 0.3 is 0 Å². The van der Waals surface area contributed by atoms with Crippen molar-refractivity contribution in [3.05, 3.63) is 24.3 Å². The molecule has 2 bridgehead atoms. The smallest absolute Gasteiger partial charge is 0.142 e. The second-order valence-electron chi connectivity index (χ2n) is 6.92. The van der Waals surface area contributed by atoms with Crippen molar-refractivity contribution in [2.24, 2.45) is 11.7 Å². The number of fused-ring (bicyclic) bond motifs is 3. The molecule has 1 aromatic rings. The van der Waals surface area contributed by atoms with E-state index < -0.39 is 0 Å². The molecule has 0 saturated carbocycles. The van der Waals surface area contributed by atoms with Gasteiger partial charge in [0.25, 0.3) is 0 Å². The lowest BCUT2D eigenvalue weighted by Gasteiger charge is -2.42. The van der Waals surface area contributed by atoms with E-state index in [1.54, 1.807) is 0 Å². The van der Waals surface area contributed by atoms with Gasteiger partial charge in [-0.3, -0.25) is 0 Å². The zero-order chi connectivity index (χ0) is 14.4. The van der Waals surface area contributed by atoms with Crippen molar-refractivity contribution in [2.75, 3.05) is 19.0 Å². The molecule has 21 heavy (non-hydrogen) atoms. The molecule has 0 aromatic heterocycles. The summed E-state index contributed by atoms with van der Waals surface area (Å²) in [6.45, 7) is 0.680. The Morgan fingerprint density at radius 2 is 1.95 bits per heavy atom. The molecule has 2 unspecified atom stereocenters. The molecule has 3 heterocycles. The Labute approximate surface area is 126 Å². The lowest BCUT2D eigenvalue weighted by molar-refractivity contribution is 0.110. The zero-order valence-corrected chi connectivity index (χ0v) is 12.7. The SMILES string of the molecule is CN1[C@@H]2CC[C@H]1C[C@H](C(N)C1COc3ccccc3N1)C2. The third-order valence-corrected chi connectivity index (χ3v) is 5.79. The van der Waals surface area contributed by atoms with Crippen molar-refractivity contribution in [2.45, 2.75) is 49.9 Å². The highest BCUT2D eigenvalue weighted by Crippen LogP contribution is 2.39. The Morgan fingerprint density at radius 1 is 1.24 bits per heavy atom. The van der Waals surface area contributed by atoms with Crippen LogP contribution in [-0.2, 0) is 0 Å². The third-order valence-electron chi connectivity index (χ3n) is 5.79. The van der Waals surface area contributed by atoms with Gasteiger partial charge in [-0.25, -0.2) is 0 Å². The Morgan fingerprint density at radius 3 is 2.71 bits per heavy atom. The van der Waals surface area contributed by atoms with Crippen LogP contribution in [0.25, 0.3) is 0 Å². The minimum atomic E-state index is 0.176. The molecule has 0 aliphatic carbocycles. The molecule has 2 saturated heterocycles. The zero-order valence-electron chi connectivity index (χ0n) is 12.7. The summed E-state index contributed by atoms with van der Waals surface area (Å²) in [4.78, 5) is 2.57. The molecule has 3 N–H and O–H groups in total. The van der Waals surface area contributed by atoms with Crippen LogP contribution in [0.2, 0.25) is 0 Å². The number of anilines is 1. The number of hydrogen-bond acceptors (Lipinski definition) is 4. The molecular formula is C17H25N3O. The summed E-state index contributed by atoms with van der Waals surface area (Å²) in [7, 11) is 2.28. The Hall–Kier alpha value is -1.26. The van der Waals surface area contributed by atoms with Gasteiger partial charge in [-0.2, -0.15) is 0 Å². The maximum Gasteiger partial charge on any atom is 0.142 e. The quantitative estimate of drug-likeness (QED) is 0.874. The van der Waals surface area contributed by atoms with Crippen molar-refractivity contribution in [3.8, 4) is 5.75 Å². The largest absolute Gasteiger partial charge is 0.489 e. The maximum atomic E-state index is 6.62. The number of rotatable bonds is 2. The number of nitrogens with zero attached hydrogens (tertiary/aromatic N) is 1. The highest BCUT2D eigenvalue weighted by molar-refractivity contribution is 5.58. The molecule has 0 spiro atoms. The molecule has 3 aliphatic rings. The fraction of sp³-hybridized carbons (Fsp3) is 0.647. The Kier molecular flexibility index (Phi) is 3.31. The van der Waals surface area contributed by atoms with Crippen LogP contribution in [0, 0.1) is 5.92 Å². The molecule has 4 heteroatoms. The fourth-order valence-corrected chi connectivity index (χ4v) is 4.44. The van der Waals surface area contributed by atoms with Crippen LogP contribution >= 0.6 is 0 Å². The first kappa shape index (κ1) is 13.4. The molecule has 0 amide bonds. The number of nitrogens with two attached hydrogens (primary N) is 1. The number of nitrogens with one attached hydrogen (secondary N) is 1. The molecule has 2 fully saturated rings. The molecule has 4 nitrogen and oxygen atoms in total. The first-order valence-corrected chi connectivity index (χ1v) is 8.18. The van der Waals surface area contributed by atoms with Gasteiger partial charge < -0.3 is 20.7 Å². The lowest BCUT2D eigenvalue weighted by Crippen LogP contribution is -2.54. The number of benzene rings is 1. The predicted molar refractivity (Wildman–Crippen MR) is 84.6 cm³/mol. The van der Waals surface area contributed by atoms with Crippen LogP contribution in [0.15, 0.2) is 24.3 Å². The van der Waals surface area contributed by atoms with Crippen molar-refractivity contribution in [1.82, 2.24) is 4.90 Å². The summed E-state index contributed by atoms with van der Waals surface area (Å²) >= 11 is 0. The fourth-order valence-electron chi connectivity index (χ4n) is 4.44. The second-order valence-corrected chi connectivity index (χ2v) is 6.92. The van der Waals surface area contributed by atoms with Gasteiger partial charge in [0.2, 0.25) is 0 Å². The monoisotopic (exact) mass is 287 g/mol. The molecule has 3 aliphatic heterocycles. The first-order valence-electron chi connectivity index (χ1n) is 8.18. The summed E-state index contributed by atoms with van der Waals surface area (Å²) in [6, 6.07) is 10.0. The summed E-state index contributed by atoms with van der Waals surface area (Å²) in [5.74, 6) is 1.56. The van der Waals surface area contributed by atoms with E-state index in [0.29, 0.717) is 12.5 Å². The lowest BCUT2D eigenvalue weighted by atomic mass is 9.82. The van der Waals surface area contributed by atoms with Gasteiger partial charge in [0.15, 0.2) is 0 Å². The van der Waals surface area contributed by atoms with Gasteiger partial charge in [0, 0.05) is 18.1 Å². The van der Waals surface area contributed by atoms with Gasteiger partial charge in [0.05, 0.1) is 11.7 Å². The highest BCUT2D eigenvalue weighted by Gasteiger charge is 2.42. The topological polar surface area (TPSA) is 50.5 Å². The predicted octanol–water partition coefficient (Wildman–Crippen LogP) is 2.06. The van der Waals surface area contributed by atoms with Crippen molar-refractivity contribution >= 4 is 5.69 Å². The van der Waals surface area contributed by atoms with Crippen LogP contribution in [0.1, 0.15) is 25.7 Å². The average molecular weight is 287 g/mol. The van der Waals surface area contributed by atoms with Crippen LogP contribution in [-0.4, -0.2) is 42.7 Å². The molecule has 0 radical (unpaired) electrons. The van der Waals surface area contributed by atoms with Crippen molar-refractivity contribution < 1.29 is 4.74 Å². The van der Waals surface area contributed by atoms with E-state index in [-0.39, 0.29) is 12.1 Å². The summed E-state index contributed by atoms with van der Waals surface area (Å²) in [5.41, 5.74) is 7.70. The van der Waals surface area contributed by atoms with Crippen LogP contribution in [0.4, 0.5) is 5.69 Å². The maximum absolute atomic E-state index is 6.62. The molecule has 5 atom stereocenters. The Bertz CT molecular complexity index is 507. The Balaban J connectivity index is 1.46. The van der Waals surface area contributed by atoms with E-state index in [1.165, 1.54) is 25.7 Å². The minimum Gasteiger partial charge on any atom is -0.489 e. The molecule has 114 valence electrons. The summed E-state index contributed by atoms with van der Waals surface area (Å²) in [5, 5.41) is 3.59. The highest BCUT2D eigenvalue weighted by atomic mass is 16.5. The van der Waals surface area contributed by atoms with E-state index in [1.807, 2.05) is 18.2 Å². The van der Waals surface area contributed by atoms with E-state index in [2.05, 4.69) is 23.3 Å². The minimum absolute atomic E-state index is 0.176. The number of ether oxygens (including phenoxy) is 1. The van der Waals surface area contributed by atoms with Crippen molar-refractivity contribution in [1.29, 1.82) is 0 Å². The normalized spacial score (nSPS) is 36.5. The average Bonchev–Trinajstić information content (AvgIpc) is 2.75. The summed E-state index contributed by atoms with van der Waals surface area (Å²) in [6.07, 6.45) is 5.19. The standard InChI is InChI=1S/C17H25N3O/c1-20-12-6-7-13(20)9-11(8-12)17(18)15-10-21-16-5-3-2-4-14(16)19-15/h2-5,11-13,15,17,19H,6-10,18H2,1H3/t11-,12-,13+,15?,17?. The number of hydrogen-bond donors (Lipinski definition) is 2. The van der Waals surface area contributed by atoms with Crippen LogP contribution in [0.3, 0.4) is 0 Å². The van der Waals surface area contributed by atoms with Gasteiger partial charge in [0.1, 0.15) is 12.4 Å². The molecule has 4 rings (SSSR count). The van der Waals surface area contributed by atoms with Crippen LogP contribution in [0.5, 0.6) is 5.75 Å². The molecule has 1 aromatic carbocycles. The first-order chi connectivity index (χ1) is 10.2. The molecular weight excluding hydrogens is 262 g/mol. The number of para-hydroxylation sites is 2.